The topological polar surface area (TPSA) is 64.3 Å². The first-order valence-corrected chi connectivity index (χ1v) is 6.18. The van der Waals surface area contributed by atoms with Crippen molar-refractivity contribution in [3.63, 3.8) is 0 Å². The molecule has 2 atom stereocenters. The van der Waals surface area contributed by atoms with Gasteiger partial charge < -0.3 is 15.8 Å². The van der Waals surface area contributed by atoms with Gasteiger partial charge in [0.25, 0.3) is 0 Å². The van der Waals surface area contributed by atoms with Crippen LogP contribution >= 0.6 is 0 Å². The van der Waals surface area contributed by atoms with Gasteiger partial charge in [-0.05, 0) is 52.0 Å². The molecule has 1 rings (SSSR count). The second-order valence-electron chi connectivity index (χ2n) is 5.79. The molecule has 1 saturated carbocycles. The molecule has 0 aromatic rings. The molecule has 0 radical (unpaired) electrons. The van der Waals surface area contributed by atoms with Gasteiger partial charge in [-0.25, -0.2) is 4.79 Å². The Hall–Kier alpha value is -1.19. The molecule has 17 heavy (non-hydrogen) atoms. The normalized spacial score (nSPS) is 24.6. The lowest BCUT2D eigenvalue weighted by molar-refractivity contribution is 0.0515. The summed E-state index contributed by atoms with van der Waals surface area (Å²) in [5.41, 5.74) is 7.62. The molecule has 0 heterocycles. The predicted molar refractivity (Wildman–Crippen MR) is 68.4 cm³/mol. The van der Waals surface area contributed by atoms with Gasteiger partial charge in [-0.1, -0.05) is 6.92 Å². The Morgan fingerprint density at radius 3 is 2.47 bits per heavy atom. The highest BCUT2D eigenvalue weighted by atomic mass is 16.6. The molecule has 1 aliphatic carbocycles. The van der Waals surface area contributed by atoms with Gasteiger partial charge in [-0.3, -0.25) is 0 Å². The minimum Gasteiger partial charge on any atom is -0.444 e. The fraction of sp³-hybridized carbons (Fsp3) is 0.769. The summed E-state index contributed by atoms with van der Waals surface area (Å²) in [4.78, 5) is 11.6. The van der Waals surface area contributed by atoms with Gasteiger partial charge in [-0.15, -0.1) is 0 Å². The molecule has 98 valence electrons. The number of rotatable bonds is 2. The van der Waals surface area contributed by atoms with Crippen LogP contribution in [0.25, 0.3) is 0 Å². The van der Waals surface area contributed by atoms with E-state index in [0.717, 1.165) is 12.1 Å². The number of nitrogens with one attached hydrogen (secondary N) is 1. The van der Waals surface area contributed by atoms with Crippen LogP contribution in [0.3, 0.4) is 0 Å². The van der Waals surface area contributed by atoms with Crippen molar-refractivity contribution in [1.29, 1.82) is 0 Å². The zero-order chi connectivity index (χ0) is 13.2. The highest BCUT2D eigenvalue weighted by Crippen LogP contribution is 2.34. The van der Waals surface area contributed by atoms with Crippen LogP contribution in [0.4, 0.5) is 4.79 Å². The quantitative estimate of drug-likeness (QED) is 0.779. The summed E-state index contributed by atoms with van der Waals surface area (Å²) >= 11 is 0. The first kappa shape index (κ1) is 13.9. The van der Waals surface area contributed by atoms with Crippen molar-refractivity contribution in [2.45, 2.75) is 59.1 Å². The van der Waals surface area contributed by atoms with E-state index in [-0.39, 0.29) is 6.04 Å². The Balaban J connectivity index is 2.52. The molecule has 0 bridgehead atoms. The smallest absolute Gasteiger partial charge is 0.408 e. The first-order valence-electron chi connectivity index (χ1n) is 6.18. The molecule has 4 heteroatoms. The number of hydrogen-bond donors (Lipinski definition) is 2. The fourth-order valence-corrected chi connectivity index (χ4v) is 1.85. The summed E-state index contributed by atoms with van der Waals surface area (Å²) in [6.07, 6.45) is 1.82. The minimum absolute atomic E-state index is 0.164. The van der Waals surface area contributed by atoms with Crippen LogP contribution in [0.1, 0.15) is 47.5 Å². The van der Waals surface area contributed by atoms with E-state index in [9.17, 15) is 4.79 Å². The highest BCUT2D eigenvalue weighted by Gasteiger charge is 2.25. The average molecular weight is 240 g/mol. The number of nitrogens with two attached hydrogens (primary N) is 1. The molecule has 1 unspecified atom stereocenters. The SMILES string of the molecule is CC1CC/C1=C(/N)[C@H](C)NC(=O)OC(C)(C)C. The third-order valence-corrected chi connectivity index (χ3v) is 3.01. The molecular formula is C13H24N2O2. The number of ether oxygens (including phenoxy) is 1. The zero-order valence-corrected chi connectivity index (χ0v) is 11.5. The van der Waals surface area contributed by atoms with E-state index in [2.05, 4.69) is 12.2 Å². The lowest BCUT2D eigenvalue weighted by Gasteiger charge is -2.31. The van der Waals surface area contributed by atoms with E-state index in [1.54, 1.807) is 0 Å². The van der Waals surface area contributed by atoms with Crippen LogP contribution in [-0.4, -0.2) is 17.7 Å². The van der Waals surface area contributed by atoms with Gasteiger partial charge in [0, 0.05) is 5.70 Å². The van der Waals surface area contributed by atoms with Gasteiger partial charge >= 0.3 is 6.09 Å². The van der Waals surface area contributed by atoms with Gasteiger partial charge in [0.1, 0.15) is 5.60 Å². The number of allylic oxidation sites excluding steroid dienone is 1. The van der Waals surface area contributed by atoms with Gasteiger partial charge in [0.15, 0.2) is 0 Å². The largest absolute Gasteiger partial charge is 0.444 e. The summed E-state index contributed by atoms with van der Waals surface area (Å²) in [5, 5.41) is 2.76. The maximum Gasteiger partial charge on any atom is 0.408 e. The molecule has 4 nitrogen and oxygen atoms in total. The Labute approximate surface area is 104 Å². The third-order valence-electron chi connectivity index (χ3n) is 3.01. The summed E-state index contributed by atoms with van der Waals surface area (Å²) in [6, 6.07) is -0.164. The average Bonchev–Trinajstić information content (AvgIpc) is 2.12. The third kappa shape index (κ3) is 3.95. The van der Waals surface area contributed by atoms with E-state index in [4.69, 9.17) is 10.5 Å². The molecule has 1 fully saturated rings. The first-order chi connectivity index (χ1) is 7.70. The molecule has 3 N–H and O–H groups in total. The molecule has 1 amide bonds. The number of carbonyl (C=O) groups excluding carboxylic acids is 1. The Morgan fingerprint density at radius 1 is 1.53 bits per heavy atom. The van der Waals surface area contributed by atoms with Crippen molar-refractivity contribution in [2.75, 3.05) is 0 Å². The number of alkyl carbamates (subject to hydrolysis) is 1. The lowest BCUT2D eigenvalue weighted by atomic mass is 9.78. The molecular weight excluding hydrogens is 216 g/mol. The zero-order valence-electron chi connectivity index (χ0n) is 11.5. The fourth-order valence-electron chi connectivity index (χ4n) is 1.85. The van der Waals surface area contributed by atoms with Gasteiger partial charge in [0.05, 0.1) is 6.04 Å². The molecule has 0 saturated heterocycles. The summed E-state index contributed by atoms with van der Waals surface area (Å²) in [6.45, 7) is 9.57. The van der Waals surface area contributed by atoms with E-state index < -0.39 is 11.7 Å². The van der Waals surface area contributed by atoms with Crippen molar-refractivity contribution < 1.29 is 9.53 Å². The van der Waals surface area contributed by atoms with Crippen LogP contribution in [0, 0.1) is 5.92 Å². The van der Waals surface area contributed by atoms with Gasteiger partial charge in [-0.2, -0.15) is 0 Å². The molecule has 0 aliphatic heterocycles. The van der Waals surface area contributed by atoms with Gasteiger partial charge in [0.2, 0.25) is 0 Å². The van der Waals surface area contributed by atoms with Crippen molar-refractivity contribution in [3.8, 4) is 0 Å². The Bertz CT molecular complexity index is 329. The second-order valence-corrected chi connectivity index (χ2v) is 5.79. The van der Waals surface area contributed by atoms with E-state index >= 15 is 0 Å². The monoisotopic (exact) mass is 240 g/mol. The van der Waals surface area contributed by atoms with E-state index in [1.807, 2.05) is 27.7 Å². The number of amides is 1. The molecule has 0 aromatic carbocycles. The maximum absolute atomic E-state index is 11.6. The molecule has 0 aromatic heterocycles. The minimum atomic E-state index is -0.477. The van der Waals surface area contributed by atoms with Crippen LogP contribution in [0.5, 0.6) is 0 Å². The van der Waals surface area contributed by atoms with Crippen LogP contribution in [-0.2, 0) is 4.74 Å². The number of carbonyl (C=O) groups is 1. The van der Waals surface area contributed by atoms with Crippen molar-refractivity contribution in [2.24, 2.45) is 11.7 Å². The van der Waals surface area contributed by atoms with Crippen LogP contribution in [0.15, 0.2) is 11.3 Å². The lowest BCUT2D eigenvalue weighted by Crippen LogP contribution is -2.41. The van der Waals surface area contributed by atoms with Crippen molar-refractivity contribution in [1.82, 2.24) is 5.32 Å². The Kier molecular flexibility index (Phi) is 4.07. The van der Waals surface area contributed by atoms with E-state index in [1.165, 1.54) is 12.0 Å². The summed E-state index contributed by atoms with van der Waals surface area (Å²) < 4.78 is 5.19. The summed E-state index contributed by atoms with van der Waals surface area (Å²) in [5.74, 6) is 0.554. The van der Waals surface area contributed by atoms with Crippen LogP contribution < -0.4 is 11.1 Å². The maximum atomic E-state index is 11.6. The number of hydrogen-bond acceptors (Lipinski definition) is 3. The summed E-state index contributed by atoms with van der Waals surface area (Å²) in [7, 11) is 0. The van der Waals surface area contributed by atoms with Crippen LogP contribution in [0.2, 0.25) is 0 Å². The van der Waals surface area contributed by atoms with Crippen molar-refractivity contribution >= 4 is 6.09 Å². The standard InChI is InChI=1S/C13H24N2O2/c1-8-6-7-10(8)11(14)9(2)15-12(16)17-13(3,4)5/h8-9H,6-7,14H2,1-5H3,(H,15,16)/b11-10-/t8?,9-/m0/s1. The Morgan fingerprint density at radius 2 is 2.12 bits per heavy atom. The van der Waals surface area contributed by atoms with Crippen molar-refractivity contribution in [3.05, 3.63) is 11.3 Å². The molecule has 0 spiro atoms. The molecule has 1 aliphatic rings. The predicted octanol–water partition coefficient (Wildman–Crippen LogP) is 2.54. The van der Waals surface area contributed by atoms with E-state index in [0.29, 0.717) is 5.92 Å². The second kappa shape index (κ2) is 4.98. The highest BCUT2D eigenvalue weighted by molar-refractivity contribution is 5.68.